The SMILES string of the molecule is COc1cccc(CNCC(C)C)c1OCc1cccc(Cl)c1. The summed E-state index contributed by atoms with van der Waals surface area (Å²) >= 11 is 6.02. The van der Waals surface area contributed by atoms with E-state index in [1.807, 2.05) is 36.4 Å². The van der Waals surface area contributed by atoms with Crippen LogP contribution in [0.15, 0.2) is 42.5 Å². The van der Waals surface area contributed by atoms with Gasteiger partial charge in [0.15, 0.2) is 11.5 Å². The van der Waals surface area contributed by atoms with E-state index in [0.29, 0.717) is 17.5 Å². The average Bonchev–Trinajstić information content (AvgIpc) is 2.53. The van der Waals surface area contributed by atoms with Crippen molar-refractivity contribution in [2.75, 3.05) is 13.7 Å². The summed E-state index contributed by atoms with van der Waals surface area (Å²) in [6.07, 6.45) is 0. The summed E-state index contributed by atoms with van der Waals surface area (Å²) in [6, 6.07) is 13.6. The number of hydrogen-bond acceptors (Lipinski definition) is 3. The molecule has 23 heavy (non-hydrogen) atoms. The molecule has 0 radical (unpaired) electrons. The molecule has 0 aromatic heterocycles. The smallest absolute Gasteiger partial charge is 0.166 e. The maximum absolute atomic E-state index is 6.03. The van der Waals surface area contributed by atoms with Gasteiger partial charge in [-0.2, -0.15) is 0 Å². The van der Waals surface area contributed by atoms with Crippen molar-refractivity contribution in [3.63, 3.8) is 0 Å². The molecule has 0 saturated heterocycles. The van der Waals surface area contributed by atoms with Gasteiger partial charge in [-0.05, 0) is 36.2 Å². The van der Waals surface area contributed by atoms with Gasteiger partial charge in [0, 0.05) is 17.1 Å². The normalized spacial score (nSPS) is 10.8. The minimum Gasteiger partial charge on any atom is -0.493 e. The summed E-state index contributed by atoms with van der Waals surface area (Å²) < 4.78 is 11.5. The lowest BCUT2D eigenvalue weighted by Crippen LogP contribution is -2.19. The first-order valence-electron chi connectivity index (χ1n) is 7.84. The number of ether oxygens (including phenoxy) is 2. The summed E-state index contributed by atoms with van der Waals surface area (Å²) in [5.74, 6) is 2.14. The van der Waals surface area contributed by atoms with E-state index in [-0.39, 0.29) is 0 Å². The van der Waals surface area contributed by atoms with Crippen molar-refractivity contribution in [2.24, 2.45) is 5.92 Å². The van der Waals surface area contributed by atoms with Crippen LogP contribution in [0, 0.1) is 5.92 Å². The molecular weight excluding hydrogens is 310 g/mol. The Morgan fingerprint density at radius 3 is 2.61 bits per heavy atom. The Hall–Kier alpha value is -1.71. The third-order valence-corrected chi connectivity index (χ3v) is 3.66. The Balaban J connectivity index is 2.11. The molecule has 0 aliphatic rings. The van der Waals surface area contributed by atoms with Gasteiger partial charge in [-0.25, -0.2) is 0 Å². The van der Waals surface area contributed by atoms with Crippen LogP contribution in [-0.2, 0) is 13.2 Å². The minimum absolute atomic E-state index is 0.456. The molecule has 4 heteroatoms. The number of hydrogen-bond donors (Lipinski definition) is 1. The lowest BCUT2D eigenvalue weighted by Gasteiger charge is -2.16. The van der Waals surface area contributed by atoms with Gasteiger partial charge in [0.2, 0.25) is 0 Å². The monoisotopic (exact) mass is 333 g/mol. The van der Waals surface area contributed by atoms with Crippen LogP contribution in [0.2, 0.25) is 5.02 Å². The molecule has 3 nitrogen and oxygen atoms in total. The van der Waals surface area contributed by atoms with E-state index in [1.165, 1.54) is 0 Å². The van der Waals surface area contributed by atoms with Crippen LogP contribution >= 0.6 is 11.6 Å². The number of nitrogens with one attached hydrogen (secondary N) is 1. The van der Waals surface area contributed by atoms with Crippen LogP contribution in [0.5, 0.6) is 11.5 Å². The van der Waals surface area contributed by atoms with E-state index in [9.17, 15) is 0 Å². The number of rotatable bonds is 8. The molecule has 2 aromatic carbocycles. The number of benzene rings is 2. The second-order valence-corrected chi connectivity index (χ2v) is 6.33. The van der Waals surface area contributed by atoms with Crippen molar-refractivity contribution >= 4 is 11.6 Å². The second kappa shape index (κ2) is 8.80. The maximum atomic E-state index is 6.03. The highest BCUT2D eigenvalue weighted by Crippen LogP contribution is 2.32. The largest absolute Gasteiger partial charge is 0.493 e. The van der Waals surface area contributed by atoms with E-state index < -0.39 is 0 Å². The molecule has 0 bridgehead atoms. The van der Waals surface area contributed by atoms with Gasteiger partial charge in [0.05, 0.1) is 7.11 Å². The van der Waals surface area contributed by atoms with Crippen LogP contribution in [0.25, 0.3) is 0 Å². The predicted molar refractivity (Wildman–Crippen MR) is 95.3 cm³/mol. The van der Waals surface area contributed by atoms with E-state index >= 15 is 0 Å². The van der Waals surface area contributed by atoms with Gasteiger partial charge in [-0.1, -0.05) is 49.7 Å². The highest BCUT2D eigenvalue weighted by Gasteiger charge is 2.11. The van der Waals surface area contributed by atoms with Gasteiger partial charge >= 0.3 is 0 Å². The zero-order valence-corrected chi connectivity index (χ0v) is 14.7. The first kappa shape index (κ1) is 17.6. The van der Waals surface area contributed by atoms with Gasteiger partial charge in [-0.3, -0.25) is 0 Å². The topological polar surface area (TPSA) is 30.5 Å². The van der Waals surface area contributed by atoms with E-state index in [1.54, 1.807) is 7.11 Å². The average molecular weight is 334 g/mol. The zero-order valence-electron chi connectivity index (χ0n) is 13.9. The molecule has 124 valence electrons. The summed E-state index contributed by atoms with van der Waals surface area (Å²) in [4.78, 5) is 0. The third-order valence-electron chi connectivity index (χ3n) is 3.42. The van der Waals surface area contributed by atoms with Crippen LogP contribution in [-0.4, -0.2) is 13.7 Å². The van der Waals surface area contributed by atoms with Crippen LogP contribution < -0.4 is 14.8 Å². The van der Waals surface area contributed by atoms with Crippen molar-refractivity contribution in [1.82, 2.24) is 5.32 Å². The first-order valence-corrected chi connectivity index (χ1v) is 8.21. The molecular formula is C19H24ClNO2. The fraction of sp³-hybridized carbons (Fsp3) is 0.368. The van der Waals surface area contributed by atoms with Crippen molar-refractivity contribution in [3.05, 3.63) is 58.6 Å². The summed E-state index contributed by atoms with van der Waals surface area (Å²) in [6.45, 7) is 6.55. The van der Waals surface area contributed by atoms with Crippen LogP contribution in [0.4, 0.5) is 0 Å². The summed E-state index contributed by atoms with van der Waals surface area (Å²) in [7, 11) is 1.66. The second-order valence-electron chi connectivity index (χ2n) is 5.89. The Labute approximate surface area is 143 Å². The third kappa shape index (κ3) is 5.45. The molecule has 0 fully saturated rings. The molecule has 0 spiro atoms. The quantitative estimate of drug-likeness (QED) is 0.761. The van der Waals surface area contributed by atoms with Crippen LogP contribution in [0.1, 0.15) is 25.0 Å². The Morgan fingerprint density at radius 2 is 1.91 bits per heavy atom. The van der Waals surface area contributed by atoms with Gasteiger partial charge < -0.3 is 14.8 Å². The molecule has 0 atom stereocenters. The molecule has 0 amide bonds. The summed E-state index contributed by atoms with van der Waals surface area (Å²) in [5.41, 5.74) is 2.12. The molecule has 0 saturated carbocycles. The standard InChI is InChI=1S/C19H24ClNO2/c1-14(2)11-21-12-16-7-5-9-18(22-3)19(16)23-13-15-6-4-8-17(20)10-15/h4-10,14,21H,11-13H2,1-3H3. The van der Waals surface area contributed by atoms with Gasteiger partial charge in [0.1, 0.15) is 6.61 Å². The maximum Gasteiger partial charge on any atom is 0.166 e. The van der Waals surface area contributed by atoms with Gasteiger partial charge in [0.25, 0.3) is 0 Å². The number of methoxy groups -OCH3 is 1. The van der Waals surface area contributed by atoms with Crippen molar-refractivity contribution in [3.8, 4) is 11.5 Å². The lowest BCUT2D eigenvalue weighted by atomic mass is 10.1. The molecule has 0 heterocycles. The van der Waals surface area contributed by atoms with Crippen molar-refractivity contribution < 1.29 is 9.47 Å². The zero-order chi connectivity index (χ0) is 16.7. The van der Waals surface area contributed by atoms with E-state index in [2.05, 4.69) is 25.2 Å². The first-order chi connectivity index (χ1) is 11.1. The predicted octanol–water partition coefficient (Wildman–Crippen LogP) is 4.67. The van der Waals surface area contributed by atoms with E-state index in [4.69, 9.17) is 21.1 Å². The number of halogens is 1. The van der Waals surface area contributed by atoms with E-state index in [0.717, 1.165) is 35.7 Å². The number of para-hydroxylation sites is 1. The molecule has 2 rings (SSSR count). The summed E-state index contributed by atoms with van der Waals surface area (Å²) in [5, 5.41) is 4.16. The molecule has 2 aromatic rings. The molecule has 0 aliphatic heterocycles. The van der Waals surface area contributed by atoms with Crippen molar-refractivity contribution in [2.45, 2.75) is 27.0 Å². The Bertz CT molecular complexity index is 629. The highest BCUT2D eigenvalue weighted by molar-refractivity contribution is 6.30. The highest BCUT2D eigenvalue weighted by atomic mass is 35.5. The Kier molecular flexibility index (Phi) is 6.75. The molecule has 1 N–H and O–H groups in total. The lowest BCUT2D eigenvalue weighted by molar-refractivity contribution is 0.280. The Morgan fingerprint density at radius 1 is 1.13 bits per heavy atom. The van der Waals surface area contributed by atoms with Crippen LogP contribution in [0.3, 0.4) is 0 Å². The fourth-order valence-corrected chi connectivity index (χ4v) is 2.52. The van der Waals surface area contributed by atoms with Gasteiger partial charge in [-0.15, -0.1) is 0 Å². The van der Waals surface area contributed by atoms with Crippen molar-refractivity contribution in [1.29, 1.82) is 0 Å². The minimum atomic E-state index is 0.456. The fourth-order valence-electron chi connectivity index (χ4n) is 2.30. The molecule has 0 aliphatic carbocycles. The molecule has 0 unspecified atom stereocenters.